The van der Waals surface area contributed by atoms with Crippen molar-refractivity contribution in [2.75, 3.05) is 0 Å². The molecule has 0 aliphatic heterocycles. The van der Waals surface area contributed by atoms with Gasteiger partial charge in [-0.3, -0.25) is 4.79 Å². The summed E-state index contributed by atoms with van der Waals surface area (Å²) in [5.74, 6) is -3.75. The van der Waals surface area contributed by atoms with Crippen LogP contribution in [0.4, 0.5) is 22.0 Å². The highest BCUT2D eigenvalue weighted by atomic mass is 32.2. The molecule has 32 heavy (non-hydrogen) atoms. The monoisotopic (exact) mass is 477 g/mol. The van der Waals surface area contributed by atoms with Crippen molar-refractivity contribution < 1.29 is 36.4 Å². The standard InChI is InChI=1S/C22H24F5NO3S/c1-11-6-7-16(23)12(2)19(11)13-8-14(20(24)15(9-13)22(25,26)27)17(10-18(29)30)28-32(31)21(3,4)5/h6-9,17,28H,10H2,1-5H3,(H,29,30)/t17-,32+/m0/s1. The molecule has 0 radical (unpaired) electrons. The minimum atomic E-state index is -5.10. The summed E-state index contributed by atoms with van der Waals surface area (Å²) < 4.78 is 84.3. The summed E-state index contributed by atoms with van der Waals surface area (Å²) in [6.07, 6.45) is -5.92. The fourth-order valence-electron chi connectivity index (χ4n) is 3.21. The minimum Gasteiger partial charge on any atom is -0.598 e. The van der Waals surface area contributed by atoms with Crippen LogP contribution >= 0.6 is 0 Å². The van der Waals surface area contributed by atoms with Crippen LogP contribution in [-0.2, 0) is 22.3 Å². The summed E-state index contributed by atoms with van der Waals surface area (Å²) in [6.45, 7) is 7.67. The molecule has 0 saturated carbocycles. The van der Waals surface area contributed by atoms with Crippen LogP contribution < -0.4 is 4.72 Å². The molecule has 2 atom stereocenters. The van der Waals surface area contributed by atoms with Crippen molar-refractivity contribution in [1.29, 1.82) is 0 Å². The Hall–Kier alpha value is -2.17. The van der Waals surface area contributed by atoms with Gasteiger partial charge in [-0.2, -0.15) is 13.2 Å². The number of hydrogen-bond acceptors (Lipinski definition) is 3. The molecular formula is C22H24F5NO3S. The molecule has 0 unspecified atom stereocenters. The van der Waals surface area contributed by atoms with Crippen molar-refractivity contribution in [2.24, 2.45) is 0 Å². The quantitative estimate of drug-likeness (QED) is 0.405. The number of benzene rings is 2. The lowest BCUT2D eigenvalue weighted by atomic mass is 9.90. The molecule has 2 rings (SSSR count). The summed E-state index contributed by atoms with van der Waals surface area (Å²) in [5.41, 5.74) is -1.69. The number of rotatable bonds is 6. The van der Waals surface area contributed by atoms with E-state index in [4.69, 9.17) is 0 Å². The highest BCUT2D eigenvalue weighted by Crippen LogP contribution is 2.40. The predicted octanol–water partition coefficient (Wildman–Crippen LogP) is 5.84. The van der Waals surface area contributed by atoms with Crippen molar-refractivity contribution in [3.05, 3.63) is 58.2 Å². The van der Waals surface area contributed by atoms with Crippen LogP contribution in [0.2, 0.25) is 0 Å². The lowest BCUT2D eigenvalue weighted by molar-refractivity contribution is -0.140. The normalized spacial score (nSPS) is 14.3. The molecule has 2 N–H and O–H groups in total. The third kappa shape index (κ3) is 5.79. The maximum Gasteiger partial charge on any atom is 0.419 e. The zero-order chi connectivity index (χ0) is 24.6. The number of carboxylic acid groups (broad SMARTS) is 1. The second kappa shape index (κ2) is 9.36. The van der Waals surface area contributed by atoms with Crippen molar-refractivity contribution >= 4 is 17.3 Å². The third-order valence-corrected chi connectivity index (χ3v) is 6.47. The molecule has 2 aromatic carbocycles. The van der Waals surface area contributed by atoms with Gasteiger partial charge in [0.1, 0.15) is 16.4 Å². The van der Waals surface area contributed by atoms with E-state index in [0.29, 0.717) is 11.6 Å². The van der Waals surface area contributed by atoms with Crippen molar-refractivity contribution in [3.63, 3.8) is 0 Å². The fourth-order valence-corrected chi connectivity index (χ4v) is 4.03. The zero-order valence-electron chi connectivity index (χ0n) is 18.2. The lowest BCUT2D eigenvalue weighted by Gasteiger charge is -2.28. The van der Waals surface area contributed by atoms with E-state index in [2.05, 4.69) is 4.72 Å². The molecular weight excluding hydrogens is 453 g/mol. The molecule has 10 heteroatoms. The largest absolute Gasteiger partial charge is 0.598 e. The maximum absolute atomic E-state index is 15.1. The first-order valence-corrected chi connectivity index (χ1v) is 10.8. The number of carbonyl (C=O) groups is 1. The van der Waals surface area contributed by atoms with Crippen LogP contribution in [0.3, 0.4) is 0 Å². The molecule has 176 valence electrons. The van der Waals surface area contributed by atoms with E-state index in [0.717, 1.165) is 6.07 Å². The summed E-state index contributed by atoms with van der Waals surface area (Å²) >= 11 is -1.91. The number of carboxylic acids is 1. The number of aryl methyl sites for hydroxylation is 1. The van der Waals surface area contributed by atoms with Gasteiger partial charge in [-0.15, -0.1) is 4.72 Å². The molecule has 0 heterocycles. The topological polar surface area (TPSA) is 72.4 Å². The van der Waals surface area contributed by atoms with Gasteiger partial charge in [0.2, 0.25) is 0 Å². The Morgan fingerprint density at radius 1 is 1.16 bits per heavy atom. The average Bonchev–Trinajstić information content (AvgIpc) is 2.63. The highest BCUT2D eigenvalue weighted by Gasteiger charge is 2.39. The van der Waals surface area contributed by atoms with Gasteiger partial charge >= 0.3 is 12.1 Å². The Bertz CT molecular complexity index is 1020. The Labute approximate surface area is 186 Å². The summed E-state index contributed by atoms with van der Waals surface area (Å²) in [6, 6.07) is 2.66. The summed E-state index contributed by atoms with van der Waals surface area (Å²) in [4.78, 5) is 11.4. The number of hydrogen-bond donors (Lipinski definition) is 2. The van der Waals surface area contributed by atoms with E-state index >= 15 is 4.39 Å². The smallest absolute Gasteiger partial charge is 0.419 e. The van der Waals surface area contributed by atoms with Gasteiger partial charge in [0.05, 0.1) is 18.0 Å². The van der Waals surface area contributed by atoms with Crippen molar-refractivity contribution in [1.82, 2.24) is 4.72 Å². The molecule has 0 bridgehead atoms. The van der Waals surface area contributed by atoms with E-state index in [-0.39, 0.29) is 16.7 Å². The average molecular weight is 477 g/mol. The van der Waals surface area contributed by atoms with Crippen LogP contribution in [0.25, 0.3) is 11.1 Å². The molecule has 4 nitrogen and oxygen atoms in total. The number of alkyl halides is 3. The van der Waals surface area contributed by atoms with E-state index in [1.54, 1.807) is 27.7 Å². The van der Waals surface area contributed by atoms with E-state index in [1.807, 2.05) is 0 Å². The second-order valence-corrected chi connectivity index (χ2v) is 10.4. The first kappa shape index (κ1) is 26.1. The summed E-state index contributed by atoms with van der Waals surface area (Å²) in [7, 11) is 0. The highest BCUT2D eigenvalue weighted by molar-refractivity contribution is 7.90. The van der Waals surface area contributed by atoms with E-state index in [1.165, 1.54) is 19.1 Å². The Morgan fingerprint density at radius 2 is 1.75 bits per heavy atom. The van der Waals surface area contributed by atoms with Gasteiger partial charge in [-0.25, -0.2) is 8.78 Å². The van der Waals surface area contributed by atoms with Gasteiger partial charge in [0.25, 0.3) is 0 Å². The Balaban J connectivity index is 2.82. The van der Waals surface area contributed by atoms with Crippen molar-refractivity contribution in [3.8, 4) is 11.1 Å². The number of aliphatic carboxylic acids is 1. The first-order chi connectivity index (χ1) is 14.5. The molecule has 0 aromatic heterocycles. The predicted molar refractivity (Wildman–Crippen MR) is 112 cm³/mol. The fraction of sp³-hybridized carbons (Fsp3) is 0.409. The van der Waals surface area contributed by atoms with Gasteiger partial charge in [-0.05, 0) is 75.1 Å². The van der Waals surface area contributed by atoms with Crippen LogP contribution in [0, 0.1) is 25.5 Å². The molecule has 0 amide bonds. The Morgan fingerprint density at radius 3 is 2.25 bits per heavy atom. The van der Waals surface area contributed by atoms with Crippen LogP contribution in [0.15, 0.2) is 24.3 Å². The molecule has 0 fully saturated rings. The van der Waals surface area contributed by atoms with Gasteiger partial charge in [0, 0.05) is 16.9 Å². The Kier molecular flexibility index (Phi) is 7.63. The van der Waals surface area contributed by atoms with Crippen LogP contribution in [-0.4, -0.2) is 20.4 Å². The van der Waals surface area contributed by atoms with E-state index < -0.39 is 63.5 Å². The maximum atomic E-state index is 15.1. The van der Waals surface area contributed by atoms with Crippen molar-refractivity contribution in [2.45, 2.75) is 58.0 Å². The molecule has 0 spiro atoms. The molecule has 0 aliphatic carbocycles. The van der Waals surface area contributed by atoms with Gasteiger partial charge < -0.3 is 9.66 Å². The van der Waals surface area contributed by atoms with Gasteiger partial charge in [-0.1, -0.05) is 6.07 Å². The molecule has 2 aromatic rings. The number of halogens is 5. The number of nitrogens with one attached hydrogen (secondary N) is 1. The van der Waals surface area contributed by atoms with E-state index in [9.17, 15) is 32.0 Å². The summed E-state index contributed by atoms with van der Waals surface area (Å²) in [5, 5.41) is 9.26. The second-order valence-electron chi connectivity index (χ2n) is 8.44. The molecule has 0 saturated heterocycles. The first-order valence-electron chi connectivity index (χ1n) is 9.60. The molecule has 0 aliphatic rings. The van der Waals surface area contributed by atoms with Crippen LogP contribution in [0.1, 0.15) is 55.5 Å². The zero-order valence-corrected chi connectivity index (χ0v) is 19.0. The van der Waals surface area contributed by atoms with Crippen LogP contribution in [0.5, 0.6) is 0 Å². The lowest BCUT2D eigenvalue weighted by Crippen LogP contribution is -2.42. The third-order valence-electron chi connectivity index (χ3n) is 4.86. The van der Waals surface area contributed by atoms with Gasteiger partial charge in [0.15, 0.2) is 0 Å². The minimum absolute atomic E-state index is 0.0664. The SMILES string of the molecule is Cc1ccc(F)c(C)c1-c1cc([C@H](CC(=O)O)N[S@+]([O-])C(C)(C)C)c(F)c(C(F)(F)F)c1.